The molecule has 0 atom stereocenters. The quantitative estimate of drug-likeness (QED) is 0.534. The van der Waals surface area contributed by atoms with Crippen LogP contribution in [-0.4, -0.2) is 17.9 Å². The van der Waals surface area contributed by atoms with Crippen LogP contribution in [0.15, 0.2) is 43.0 Å². The molecule has 1 aromatic carbocycles. The molecule has 0 bridgehead atoms. The topological polar surface area (TPSA) is 46.0 Å². The van der Waals surface area contributed by atoms with E-state index in [1.807, 2.05) is 18.3 Å². The van der Waals surface area contributed by atoms with Gasteiger partial charge in [-0.15, -0.1) is 0 Å². The van der Waals surface area contributed by atoms with Gasteiger partial charge in [0, 0.05) is 5.56 Å². The molecule has 0 spiro atoms. The van der Waals surface area contributed by atoms with Gasteiger partial charge < -0.3 is 21.7 Å². The van der Waals surface area contributed by atoms with Gasteiger partial charge in [0.05, 0.1) is 7.11 Å². The largest absolute Gasteiger partial charge is 1.00 e. The number of rotatable bonds is 4. The molecule has 0 fully saturated rings. The summed E-state index contributed by atoms with van der Waals surface area (Å²) in [5.41, 5.74) is 0.660. The molecule has 1 N–H and O–H groups in total. The summed E-state index contributed by atoms with van der Waals surface area (Å²) in [6.45, 7) is 0.330. The van der Waals surface area contributed by atoms with Crippen molar-refractivity contribution in [3.63, 3.8) is 0 Å². The van der Waals surface area contributed by atoms with E-state index in [9.17, 15) is 4.79 Å². The highest BCUT2D eigenvalue weighted by atomic mass is 79.9. The molecular weight excluding hydrogens is 284 g/mol. The molecule has 90 valence electrons. The second-order valence-corrected chi connectivity index (χ2v) is 3.44. The van der Waals surface area contributed by atoms with Gasteiger partial charge >= 0.3 is 0 Å². The summed E-state index contributed by atoms with van der Waals surface area (Å²) in [6.07, 6.45) is 5.34. The maximum atomic E-state index is 11.9. The molecule has 17 heavy (non-hydrogen) atoms. The Morgan fingerprint density at radius 1 is 1.47 bits per heavy atom. The van der Waals surface area contributed by atoms with E-state index in [-0.39, 0.29) is 22.8 Å². The zero-order chi connectivity index (χ0) is 11.4. The van der Waals surface area contributed by atoms with E-state index in [0.29, 0.717) is 17.9 Å². The number of Topliss-reactive ketones (excluding diaryl/α,β-unsaturated/α-hetero) is 1. The highest BCUT2D eigenvalue weighted by Gasteiger charge is 2.10. The second kappa shape index (κ2) is 6.20. The van der Waals surface area contributed by atoms with Crippen LogP contribution in [-0.2, 0) is 6.54 Å². The standard InChI is InChI=1S/C12H12N2O2.BrH/c1-16-11-4-2-3-10(7-11)12(15)8-14-6-5-13-9-14;/h2-7,9H,8H2,1H3;1H. The number of ether oxygens (including phenoxy) is 1. The van der Waals surface area contributed by atoms with Crippen molar-refractivity contribution < 1.29 is 31.1 Å². The van der Waals surface area contributed by atoms with Crippen LogP contribution in [0.25, 0.3) is 0 Å². The van der Waals surface area contributed by atoms with Gasteiger partial charge in [0.2, 0.25) is 12.1 Å². The summed E-state index contributed by atoms with van der Waals surface area (Å²) in [5, 5.41) is 0. The van der Waals surface area contributed by atoms with Crippen LogP contribution in [0.4, 0.5) is 0 Å². The summed E-state index contributed by atoms with van der Waals surface area (Å²) in [7, 11) is 1.59. The van der Waals surface area contributed by atoms with Crippen molar-refractivity contribution in [3.05, 3.63) is 48.5 Å². The molecule has 0 radical (unpaired) electrons. The number of H-pyrrole nitrogens is 1. The zero-order valence-electron chi connectivity index (χ0n) is 9.39. The highest BCUT2D eigenvalue weighted by molar-refractivity contribution is 5.95. The lowest BCUT2D eigenvalue weighted by molar-refractivity contribution is -0.681. The van der Waals surface area contributed by atoms with Crippen molar-refractivity contribution in [2.45, 2.75) is 6.54 Å². The average molecular weight is 297 g/mol. The summed E-state index contributed by atoms with van der Waals surface area (Å²) in [5.74, 6) is 0.758. The lowest BCUT2D eigenvalue weighted by Gasteiger charge is -2.02. The van der Waals surface area contributed by atoms with Gasteiger partial charge in [0.15, 0.2) is 6.54 Å². The second-order valence-electron chi connectivity index (χ2n) is 3.44. The number of halogens is 1. The van der Waals surface area contributed by atoms with Gasteiger partial charge in [-0.2, -0.15) is 0 Å². The fourth-order valence-electron chi connectivity index (χ4n) is 1.47. The van der Waals surface area contributed by atoms with Crippen LogP contribution in [0.3, 0.4) is 0 Å². The number of ketones is 1. The molecule has 0 amide bonds. The molecule has 0 saturated carbocycles. The van der Waals surface area contributed by atoms with Crippen LogP contribution in [0.5, 0.6) is 5.75 Å². The van der Waals surface area contributed by atoms with E-state index in [1.165, 1.54) is 0 Å². The first-order valence-electron chi connectivity index (χ1n) is 4.98. The van der Waals surface area contributed by atoms with Gasteiger partial charge in [-0.1, -0.05) is 12.1 Å². The fraction of sp³-hybridized carbons (Fsp3) is 0.167. The lowest BCUT2D eigenvalue weighted by atomic mass is 10.1. The molecule has 2 rings (SSSR count). The van der Waals surface area contributed by atoms with Crippen LogP contribution in [0, 0.1) is 0 Å². The van der Waals surface area contributed by atoms with Gasteiger partial charge in [0.1, 0.15) is 18.1 Å². The number of hydrogen-bond acceptors (Lipinski definition) is 2. The SMILES string of the molecule is COc1cccc(C(=O)C[n+]2cc[nH]c2)c1.[Br-]. The molecule has 1 heterocycles. The summed E-state index contributed by atoms with van der Waals surface area (Å²) in [4.78, 5) is 14.8. The molecule has 0 aliphatic heterocycles. The van der Waals surface area contributed by atoms with Crippen molar-refractivity contribution >= 4 is 5.78 Å². The molecule has 1 aromatic heterocycles. The number of benzene rings is 1. The molecule has 0 aliphatic carbocycles. The van der Waals surface area contributed by atoms with Crippen LogP contribution in [0.1, 0.15) is 10.4 Å². The lowest BCUT2D eigenvalue weighted by Crippen LogP contribution is -3.00. The number of nitrogens with zero attached hydrogens (tertiary/aromatic N) is 1. The van der Waals surface area contributed by atoms with Crippen molar-refractivity contribution in [2.75, 3.05) is 7.11 Å². The predicted octanol–water partition coefficient (Wildman–Crippen LogP) is -1.80. The van der Waals surface area contributed by atoms with Gasteiger partial charge in [-0.3, -0.25) is 9.78 Å². The minimum atomic E-state index is 0. The molecule has 0 unspecified atom stereocenters. The molecular formula is C12H13BrN2O2. The summed E-state index contributed by atoms with van der Waals surface area (Å²) >= 11 is 0. The van der Waals surface area contributed by atoms with Gasteiger partial charge in [-0.25, -0.2) is 4.57 Å². The minimum Gasteiger partial charge on any atom is -1.00 e. The Hall–Kier alpha value is -1.62. The van der Waals surface area contributed by atoms with Gasteiger partial charge in [0.25, 0.3) is 0 Å². The smallest absolute Gasteiger partial charge is 0.241 e. The van der Waals surface area contributed by atoms with E-state index < -0.39 is 0 Å². The van der Waals surface area contributed by atoms with Crippen molar-refractivity contribution in [1.29, 1.82) is 0 Å². The van der Waals surface area contributed by atoms with E-state index in [2.05, 4.69) is 4.98 Å². The van der Waals surface area contributed by atoms with Crippen molar-refractivity contribution in [1.82, 2.24) is 4.98 Å². The fourth-order valence-corrected chi connectivity index (χ4v) is 1.47. The number of carbonyl (C=O) groups is 1. The maximum Gasteiger partial charge on any atom is 0.241 e. The Morgan fingerprint density at radius 3 is 2.94 bits per heavy atom. The molecule has 4 nitrogen and oxygen atoms in total. The number of hydrogen-bond donors (Lipinski definition) is 1. The Morgan fingerprint density at radius 2 is 2.29 bits per heavy atom. The number of nitrogens with one attached hydrogen (secondary N) is 1. The first-order valence-corrected chi connectivity index (χ1v) is 4.98. The minimum absolute atomic E-state index is 0. The molecule has 0 saturated heterocycles. The third-order valence-corrected chi connectivity index (χ3v) is 2.32. The van der Waals surface area contributed by atoms with Gasteiger partial charge in [-0.05, 0) is 12.1 Å². The Kier molecular flexibility index (Phi) is 4.90. The van der Waals surface area contributed by atoms with Crippen molar-refractivity contribution in [2.24, 2.45) is 0 Å². The highest BCUT2D eigenvalue weighted by Crippen LogP contribution is 2.12. The third-order valence-electron chi connectivity index (χ3n) is 2.32. The zero-order valence-corrected chi connectivity index (χ0v) is 11.0. The Bertz CT molecular complexity index is 483. The van der Waals surface area contributed by atoms with Crippen LogP contribution in [0.2, 0.25) is 0 Å². The Labute approximate surface area is 110 Å². The normalized spacial score (nSPS) is 9.47. The number of methoxy groups -OCH3 is 1. The maximum absolute atomic E-state index is 11.9. The van der Waals surface area contributed by atoms with Crippen molar-refractivity contribution in [3.8, 4) is 5.75 Å². The summed E-state index contributed by atoms with van der Waals surface area (Å²) < 4.78 is 6.87. The molecule has 2 aromatic rings. The first-order chi connectivity index (χ1) is 7.79. The Balaban J connectivity index is 0.00000144. The first kappa shape index (κ1) is 13.4. The third kappa shape index (κ3) is 3.42. The van der Waals surface area contributed by atoms with E-state index in [1.54, 1.807) is 36.3 Å². The number of aromatic nitrogens is 2. The van der Waals surface area contributed by atoms with E-state index >= 15 is 0 Å². The molecule has 5 heteroatoms. The number of aromatic amines is 1. The van der Waals surface area contributed by atoms with E-state index in [0.717, 1.165) is 0 Å². The predicted molar refractivity (Wildman–Crippen MR) is 58.3 cm³/mol. The van der Waals surface area contributed by atoms with Crippen LogP contribution >= 0.6 is 0 Å². The number of carbonyl (C=O) groups excluding carboxylic acids is 1. The number of imidazole rings is 1. The monoisotopic (exact) mass is 296 g/mol. The summed E-state index contributed by atoms with van der Waals surface area (Å²) in [6, 6.07) is 7.17. The average Bonchev–Trinajstić information content (AvgIpc) is 2.82. The van der Waals surface area contributed by atoms with Crippen LogP contribution < -0.4 is 26.3 Å². The van der Waals surface area contributed by atoms with E-state index in [4.69, 9.17) is 4.74 Å². The molecule has 0 aliphatic rings.